The molecule has 4 unspecified atom stereocenters. The van der Waals surface area contributed by atoms with Crippen molar-refractivity contribution < 1.29 is 9.53 Å². The lowest BCUT2D eigenvalue weighted by molar-refractivity contribution is -0.136. The number of hydrogen-bond acceptors (Lipinski definition) is 3. The third kappa shape index (κ3) is 3.37. The van der Waals surface area contributed by atoms with Crippen LogP contribution in [-0.4, -0.2) is 59.1 Å². The number of aryl methyl sites for hydroxylation is 1. The lowest BCUT2D eigenvalue weighted by Crippen LogP contribution is -2.60. The zero-order valence-corrected chi connectivity index (χ0v) is 19.2. The average molecular weight is 434 g/mol. The van der Waals surface area contributed by atoms with Gasteiger partial charge in [0.2, 0.25) is 5.91 Å². The fourth-order valence-electron chi connectivity index (χ4n) is 7.18. The second-order valence-corrected chi connectivity index (χ2v) is 10.2. The normalized spacial score (nSPS) is 29.9. The maximum atomic E-state index is 13.5. The highest BCUT2D eigenvalue weighted by molar-refractivity contribution is 5.86. The summed E-state index contributed by atoms with van der Waals surface area (Å²) in [5.74, 6) is 2.56. The van der Waals surface area contributed by atoms with Crippen molar-refractivity contribution >= 4 is 16.8 Å². The minimum atomic E-state index is 0.324. The molecule has 4 heterocycles. The summed E-state index contributed by atoms with van der Waals surface area (Å²) >= 11 is 0. The fourth-order valence-corrected chi connectivity index (χ4v) is 7.18. The number of aromatic nitrogens is 1. The topological polar surface area (TPSA) is 37.7 Å². The van der Waals surface area contributed by atoms with Crippen molar-refractivity contribution in [3.8, 4) is 5.75 Å². The first-order valence-electron chi connectivity index (χ1n) is 12.6. The summed E-state index contributed by atoms with van der Waals surface area (Å²) in [6, 6.07) is 9.33. The molecule has 2 bridgehead atoms. The van der Waals surface area contributed by atoms with E-state index in [1.54, 1.807) is 12.7 Å². The Kier molecular flexibility index (Phi) is 5.25. The highest BCUT2D eigenvalue weighted by Gasteiger charge is 2.46. The molecule has 0 N–H and O–H groups in total. The largest absolute Gasteiger partial charge is 0.496 e. The van der Waals surface area contributed by atoms with Gasteiger partial charge in [0.1, 0.15) is 5.75 Å². The van der Waals surface area contributed by atoms with Crippen LogP contribution < -0.4 is 4.74 Å². The van der Waals surface area contributed by atoms with Crippen LogP contribution in [0.15, 0.2) is 42.1 Å². The summed E-state index contributed by atoms with van der Waals surface area (Å²) in [6.45, 7) is 4.09. The first-order chi connectivity index (χ1) is 15.7. The summed E-state index contributed by atoms with van der Waals surface area (Å²) in [6.07, 6.45) is 12.9. The Morgan fingerprint density at radius 2 is 2.09 bits per heavy atom. The number of nitrogens with zero attached hydrogens (tertiary/aromatic N) is 3. The van der Waals surface area contributed by atoms with Crippen molar-refractivity contribution in [3.05, 3.63) is 42.1 Å². The molecular weight excluding hydrogens is 398 g/mol. The number of fused-ring (bicyclic) bond motifs is 7. The molecule has 0 spiro atoms. The molecule has 32 heavy (non-hydrogen) atoms. The van der Waals surface area contributed by atoms with Crippen molar-refractivity contribution in [2.75, 3.05) is 26.7 Å². The molecule has 3 saturated heterocycles. The summed E-state index contributed by atoms with van der Waals surface area (Å²) in [5.41, 5.74) is 2.72. The summed E-state index contributed by atoms with van der Waals surface area (Å²) in [7, 11) is 1.71. The third-order valence-electron chi connectivity index (χ3n) is 8.54. The molecule has 1 aromatic heterocycles. The Morgan fingerprint density at radius 1 is 1.16 bits per heavy atom. The molecule has 2 aromatic rings. The summed E-state index contributed by atoms with van der Waals surface area (Å²) in [4.78, 5) is 18.5. The molecule has 5 nitrogen and oxygen atoms in total. The minimum absolute atomic E-state index is 0.324. The number of rotatable bonds is 4. The van der Waals surface area contributed by atoms with Crippen LogP contribution in [0, 0.1) is 11.8 Å². The van der Waals surface area contributed by atoms with Gasteiger partial charge >= 0.3 is 0 Å². The Balaban J connectivity index is 1.20. The SMILES string of the molecule is COc1cccc2c1ccn2CCC(=O)N1CCCC2=CC3CC(CN4CCCCC34)C21. The molecule has 5 heteroatoms. The van der Waals surface area contributed by atoms with Gasteiger partial charge in [-0.25, -0.2) is 0 Å². The van der Waals surface area contributed by atoms with Gasteiger partial charge in [-0.15, -0.1) is 0 Å². The lowest BCUT2D eigenvalue weighted by atomic mass is 9.68. The quantitative estimate of drug-likeness (QED) is 0.668. The molecule has 4 aliphatic rings. The highest BCUT2D eigenvalue weighted by atomic mass is 16.5. The zero-order chi connectivity index (χ0) is 21.7. The van der Waals surface area contributed by atoms with E-state index < -0.39 is 0 Å². The molecule has 3 fully saturated rings. The second-order valence-electron chi connectivity index (χ2n) is 10.2. The van der Waals surface area contributed by atoms with E-state index in [2.05, 4.69) is 38.8 Å². The molecule has 1 aromatic carbocycles. The molecule has 170 valence electrons. The zero-order valence-electron chi connectivity index (χ0n) is 19.2. The number of ether oxygens (including phenoxy) is 1. The van der Waals surface area contributed by atoms with Gasteiger partial charge in [0.25, 0.3) is 0 Å². The van der Waals surface area contributed by atoms with Gasteiger partial charge in [0.15, 0.2) is 0 Å². The molecular formula is C27H35N3O2. The van der Waals surface area contributed by atoms with Gasteiger partial charge in [0.05, 0.1) is 18.7 Å². The number of benzene rings is 1. The first-order valence-corrected chi connectivity index (χ1v) is 12.6. The lowest BCUT2D eigenvalue weighted by Gasteiger charge is -2.54. The minimum Gasteiger partial charge on any atom is -0.496 e. The Bertz CT molecular complexity index is 1040. The van der Waals surface area contributed by atoms with E-state index in [9.17, 15) is 4.79 Å². The van der Waals surface area contributed by atoms with E-state index in [0.29, 0.717) is 24.3 Å². The smallest absolute Gasteiger partial charge is 0.224 e. The van der Waals surface area contributed by atoms with Crippen LogP contribution in [0.1, 0.15) is 44.9 Å². The van der Waals surface area contributed by atoms with E-state index in [1.807, 2.05) is 12.1 Å². The van der Waals surface area contributed by atoms with Crippen molar-refractivity contribution in [3.63, 3.8) is 0 Å². The fraction of sp³-hybridized carbons (Fsp3) is 0.593. The van der Waals surface area contributed by atoms with Crippen LogP contribution in [-0.2, 0) is 11.3 Å². The van der Waals surface area contributed by atoms with Crippen molar-refractivity contribution in [2.45, 2.75) is 63.6 Å². The van der Waals surface area contributed by atoms with Crippen molar-refractivity contribution in [1.29, 1.82) is 0 Å². The highest BCUT2D eigenvalue weighted by Crippen LogP contribution is 2.45. The first kappa shape index (κ1) is 20.3. The van der Waals surface area contributed by atoms with Crippen LogP contribution in [0.25, 0.3) is 10.9 Å². The van der Waals surface area contributed by atoms with E-state index in [4.69, 9.17) is 4.74 Å². The van der Waals surface area contributed by atoms with Crippen molar-refractivity contribution in [2.24, 2.45) is 11.8 Å². The predicted octanol–water partition coefficient (Wildman–Crippen LogP) is 4.46. The number of carbonyl (C=O) groups is 1. The number of amides is 1. The van der Waals surface area contributed by atoms with Gasteiger partial charge in [0, 0.05) is 43.7 Å². The van der Waals surface area contributed by atoms with Crippen LogP contribution in [0.5, 0.6) is 5.75 Å². The molecule has 0 saturated carbocycles. The molecule has 1 aliphatic carbocycles. The van der Waals surface area contributed by atoms with E-state index in [1.165, 1.54) is 45.2 Å². The van der Waals surface area contributed by atoms with Gasteiger partial charge in [-0.05, 0) is 68.7 Å². The molecule has 6 rings (SSSR count). The maximum Gasteiger partial charge on any atom is 0.224 e. The summed E-state index contributed by atoms with van der Waals surface area (Å²) in [5, 5.41) is 1.11. The van der Waals surface area contributed by atoms with Crippen LogP contribution >= 0.6 is 0 Å². The maximum absolute atomic E-state index is 13.5. The van der Waals surface area contributed by atoms with Crippen LogP contribution in [0.3, 0.4) is 0 Å². The van der Waals surface area contributed by atoms with E-state index in [0.717, 1.165) is 48.1 Å². The number of carbonyl (C=O) groups excluding carboxylic acids is 1. The Morgan fingerprint density at radius 3 is 3.00 bits per heavy atom. The van der Waals surface area contributed by atoms with Gasteiger partial charge in [-0.1, -0.05) is 24.1 Å². The van der Waals surface area contributed by atoms with E-state index >= 15 is 0 Å². The molecule has 1 amide bonds. The van der Waals surface area contributed by atoms with Gasteiger partial charge < -0.3 is 14.2 Å². The Labute approximate surface area is 191 Å². The number of piperidine rings is 3. The van der Waals surface area contributed by atoms with Crippen LogP contribution in [0.2, 0.25) is 0 Å². The second kappa shape index (κ2) is 8.26. The van der Waals surface area contributed by atoms with E-state index in [-0.39, 0.29) is 0 Å². The molecule has 3 aliphatic heterocycles. The predicted molar refractivity (Wildman–Crippen MR) is 127 cm³/mol. The number of hydrogen-bond donors (Lipinski definition) is 0. The number of likely N-dealkylation sites (tertiary alicyclic amines) is 1. The third-order valence-corrected chi connectivity index (χ3v) is 8.54. The Hall–Kier alpha value is -2.27. The average Bonchev–Trinajstić information content (AvgIpc) is 3.25. The number of methoxy groups -OCH3 is 1. The standard InChI is InChI=1S/C27H35N3O2/c1-32-25-9-4-8-24-22(25)10-14-28(24)15-11-26(31)30-13-5-6-19-16-20-17-21(27(19)30)18-29-12-3-2-7-23(20)29/h4,8-10,14,16,20-21,23,27H,2-3,5-7,11-13,15,17-18H2,1H3. The van der Waals surface area contributed by atoms with Gasteiger partial charge in [-0.3, -0.25) is 9.69 Å². The van der Waals surface area contributed by atoms with Crippen molar-refractivity contribution in [1.82, 2.24) is 14.4 Å². The van der Waals surface area contributed by atoms with Gasteiger partial charge in [-0.2, -0.15) is 0 Å². The summed E-state index contributed by atoms with van der Waals surface area (Å²) < 4.78 is 7.70. The molecule has 4 atom stereocenters. The van der Waals surface area contributed by atoms with Crippen LogP contribution in [0.4, 0.5) is 0 Å². The monoisotopic (exact) mass is 433 g/mol. The molecule has 0 radical (unpaired) electrons.